The third kappa shape index (κ3) is 5.39. The molecule has 0 saturated heterocycles. The van der Waals surface area contributed by atoms with Crippen LogP contribution in [0.15, 0.2) is 59.4 Å². The van der Waals surface area contributed by atoms with Crippen LogP contribution in [0.3, 0.4) is 0 Å². The molecule has 1 N–H and O–H groups in total. The summed E-state index contributed by atoms with van der Waals surface area (Å²) in [5.41, 5.74) is 1.83. The standard InChI is InChI=1S/C22H22ClN3O4/c1-29-17-9-11-20(30-2)19(14-17)24-21(27)4-3-13-26-22(28)12-10-18(25-26)15-5-7-16(23)8-6-15/h5-12,14H,3-4,13H2,1-2H3,(H,24,27). The Morgan fingerprint density at radius 2 is 1.83 bits per heavy atom. The predicted molar refractivity (Wildman–Crippen MR) is 116 cm³/mol. The van der Waals surface area contributed by atoms with Gasteiger partial charge in [-0.05, 0) is 36.8 Å². The maximum atomic E-state index is 12.3. The van der Waals surface area contributed by atoms with Crippen molar-refractivity contribution >= 4 is 23.2 Å². The van der Waals surface area contributed by atoms with Crippen LogP contribution in [-0.4, -0.2) is 29.9 Å². The van der Waals surface area contributed by atoms with Gasteiger partial charge in [0.2, 0.25) is 5.91 Å². The number of carbonyl (C=O) groups excluding carboxylic acids is 1. The molecule has 0 aliphatic rings. The minimum Gasteiger partial charge on any atom is -0.497 e. The highest BCUT2D eigenvalue weighted by Crippen LogP contribution is 2.29. The van der Waals surface area contributed by atoms with Crippen molar-refractivity contribution in [2.24, 2.45) is 0 Å². The summed E-state index contributed by atoms with van der Waals surface area (Å²) >= 11 is 5.92. The summed E-state index contributed by atoms with van der Waals surface area (Å²) in [6, 6.07) is 15.5. The Bertz CT molecular complexity index is 1080. The molecular weight excluding hydrogens is 406 g/mol. The molecule has 30 heavy (non-hydrogen) atoms. The number of aromatic nitrogens is 2. The van der Waals surface area contributed by atoms with Crippen molar-refractivity contribution in [2.75, 3.05) is 19.5 Å². The van der Waals surface area contributed by atoms with E-state index >= 15 is 0 Å². The molecule has 0 aliphatic heterocycles. The second-order valence-corrected chi connectivity index (χ2v) is 6.94. The van der Waals surface area contributed by atoms with Gasteiger partial charge in [0.1, 0.15) is 11.5 Å². The molecule has 0 aliphatic carbocycles. The molecule has 7 nitrogen and oxygen atoms in total. The van der Waals surface area contributed by atoms with E-state index in [2.05, 4.69) is 10.4 Å². The molecule has 3 rings (SSSR count). The van der Waals surface area contributed by atoms with Gasteiger partial charge in [0, 0.05) is 35.7 Å². The molecule has 0 radical (unpaired) electrons. The number of benzene rings is 2. The summed E-state index contributed by atoms with van der Waals surface area (Å²) in [5, 5.41) is 7.84. The van der Waals surface area contributed by atoms with Crippen LogP contribution in [0.2, 0.25) is 5.02 Å². The van der Waals surface area contributed by atoms with E-state index in [-0.39, 0.29) is 17.9 Å². The van der Waals surface area contributed by atoms with Crippen LogP contribution in [0.5, 0.6) is 11.5 Å². The minimum atomic E-state index is -0.220. The second-order valence-electron chi connectivity index (χ2n) is 6.50. The summed E-state index contributed by atoms with van der Waals surface area (Å²) in [6.45, 7) is 0.322. The topological polar surface area (TPSA) is 82.4 Å². The number of nitrogens with one attached hydrogen (secondary N) is 1. The molecule has 8 heteroatoms. The van der Waals surface area contributed by atoms with Gasteiger partial charge in [-0.1, -0.05) is 23.7 Å². The van der Waals surface area contributed by atoms with Gasteiger partial charge in [-0.25, -0.2) is 4.68 Å². The average molecular weight is 428 g/mol. The fraction of sp³-hybridized carbons (Fsp3) is 0.227. The zero-order valence-corrected chi connectivity index (χ0v) is 17.5. The molecule has 0 bridgehead atoms. The third-order valence-electron chi connectivity index (χ3n) is 4.46. The van der Waals surface area contributed by atoms with Crippen LogP contribution >= 0.6 is 11.6 Å². The number of nitrogens with zero attached hydrogens (tertiary/aromatic N) is 2. The van der Waals surface area contributed by atoms with Crippen LogP contribution in [0.25, 0.3) is 11.3 Å². The number of rotatable bonds is 8. The summed E-state index contributed by atoms with van der Waals surface area (Å²) in [6.07, 6.45) is 0.675. The van der Waals surface area contributed by atoms with Gasteiger partial charge in [-0.3, -0.25) is 9.59 Å². The van der Waals surface area contributed by atoms with Gasteiger partial charge in [-0.15, -0.1) is 0 Å². The lowest BCUT2D eigenvalue weighted by Gasteiger charge is -2.12. The minimum absolute atomic E-state index is 0.191. The number of carbonyl (C=O) groups is 1. The lowest BCUT2D eigenvalue weighted by molar-refractivity contribution is -0.116. The highest BCUT2D eigenvalue weighted by molar-refractivity contribution is 6.30. The molecule has 2 aromatic carbocycles. The molecule has 0 spiro atoms. The first kappa shape index (κ1) is 21.4. The van der Waals surface area contributed by atoms with Gasteiger partial charge in [0.05, 0.1) is 25.6 Å². The van der Waals surface area contributed by atoms with Crippen LogP contribution in [0.4, 0.5) is 5.69 Å². The number of anilines is 1. The Balaban J connectivity index is 1.62. The first-order chi connectivity index (χ1) is 14.5. The number of halogens is 1. The predicted octanol–water partition coefficient (Wildman–Crippen LogP) is 4.00. The summed E-state index contributed by atoms with van der Waals surface area (Å²) in [7, 11) is 3.08. The SMILES string of the molecule is COc1ccc(OC)c(NC(=O)CCCn2nc(-c3ccc(Cl)cc3)ccc2=O)c1. The van der Waals surface area contributed by atoms with Crippen molar-refractivity contribution in [3.8, 4) is 22.8 Å². The maximum Gasteiger partial charge on any atom is 0.266 e. The van der Waals surface area contributed by atoms with Crippen LogP contribution < -0.4 is 20.3 Å². The number of hydrogen-bond acceptors (Lipinski definition) is 5. The zero-order chi connectivity index (χ0) is 21.5. The molecular formula is C22H22ClN3O4. The van der Waals surface area contributed by atoms with E-state index in [1.54, 1.807) is 43.5 Å². The Morgan fingerprint density at radius 1 is 1.07 bits per heavy atom. The normalized spacial score (nSPS) is 10.5. The van der Waals surface area contributed by atoms with E-state index in [1.807, 2.05) is 12.1 Å². The quantitative estimate of drug-likeness (QED) is 0.587. The molecule has 0 atom stereocenters. The molecule has 1 aromatic heterocycles. The fourth-order valence-corrected chi connectivity index (χ4v) is 3.02. The number of amides is 1. The number of hydrogen-bond donors (Lipinski definition) is 1. The highest BCUT2D eigenvalue weighted by Gasteiger charge is 2.10. The second kappa shape index (κ2) is 9.93. The summed E-state index contributed by atoms with van der Waals surface area (Å²) < 4.78 is 11.8. The molecule has 156 valence electrons. The van der Waals surface area contributed by atoms with E-state index in [0.29, 0.717) is 40.9 Å². The van der Waals surface area contributed by atoms with Crippen molar-refractivity contribution < 1.29 is 14.3 Å². The van der Waals surface area contributed by atoms with Crippen molar-refractivity contribution in [3.63, 3.8) is 0 Å². The zero-order valence-electron chi connectivity index (χ0n) is 16.7. The van der Waals surface area contributed by atoms with Gasteiger partial charge in [-0.2, -0.15) is 5.10 Å². The Morgan fingerprint density at radius 3 is 2.53 bits per heavy atom. The average Bonchev–Trinajstić information content (AvgIpc) is 2.75. The monoisotopic (exact) mass is 427 g/mol. The fourth-order valence-electron chi connectivity index (χ4n) is 2.90. The molecule has 0 saturated carbocycles. The van der Waals surface area contributed by atoms with Crippen LogP contribution in [0, 0.1) is 0 Å². The number of ether oxygens (including phenoxy) is 2. The Hall–Kier alpha value is -3.32. The first-order valence-electron chi connectivity index (χ1n) is 9.36. The number of methoxy groups -OCH3 is 2. The van der Waals surface area contributed by atoms with E-state index < -0.39 is 0 Å². The number of aryl methyl sites for hydroxylation is 1. The van der Waals surface area contributed by atoms with Crippen molar-refractivity contribution in [3.05, 3.63) is 70.0 Å². The van der Waals surface area contributed by atoms with Gasteiger partial charge in [0.25, 0.3) is 5.56 Å². The molecule has 0 fully saturated rings. The van der Waals surface area contributed by atoms with E-state index in [0.717, 1.165) is 5.56 Å². The van der Waals surface area contributed by atoms with Gasteiger partial charge < -0.3 is 14.8 Å². The molecule has 1 heterocycles. The maximum absolute atomic E-state index is 12.3. The molecule has 3 aromatic rings. The van der Waals surface area contributed by atoms with Crippen molar-refractivity contribution in [2.45, 2.75) is 19.4 Å². The van der Waals surface area contributed by atoms with E-state index in [4.69, 9.17) is 21.1 Å². The first-order valence-corrected chi connectivity index (χ1v) is 9.74. The highest BCUT2D eigenvalue weighted by atomic mass is 35.5. The summed E-state index contributed by atoms with van der Waals surface area (Å²) in [4.78, 5) is 24.5. The van der Waals surface area contributed by atoms with Gasteiger partial charge in [0.15, 0.2) is 0 Å². The third-order valence-corrected chi connectivity index (χ3v) is 4.71. The molecule has 1 amide bonds. The molecule has 0 unspecified atom stereocenters. The summed E-state index contributed by atoms with van der Waals surface area (Å²) in [5.74, 6) is 0.960. The van der Waals surface area contributed by atoms with E-state index in [9.17, 15) is 9.59 Å². The Kier molecular flexibility index (Phi) is 7.08. The van der Waals surface area contributed by atoms with Gasteiger partial charge >= 0.3 is 0 Å². The van der Waals surface area contributed by atoms with E-state index in [1.165, 1.54) is 17.9 Å². The van der Waals surface area contributed by atoms with Crippen LogP contribution in [-0.2, 0) is 11.3 Å². The van der Waals surface area contributed by atoms with Crippen molar-refractivity contribution in [1.29, 1.82) is 0 Å². The Labute approximate surface area is 179 Å². The largest absolute Gasteiger partial charge is 0.497 e. The lowest BCUT2D eigenvalue weighted by atomic mass is 10.1. The van der Waals surface area contributed by atoms with Crippen molar-refractivity contribution in [1.82, 2.24) is 9.78 Å². The smallest absolute Gasteiger partial charge is 0.266 e. The lowest BCUT2D eigenvalue weighted by Crippen LogP contribution is -2.23. The van der Waals surface area contributed by atoms with Crippen LogP contribution in [0.1, 0.15) is 12.8 Å².